The van der Waals surface area contributed by atoms with E-state index in [0.717, 1.165) is 16.6 Å². The van der Waals surface area contributed by atoms with Gasteiger partial charge < -0.3 is 19.5 Å². The van der Waals surface area contributed by atoms with Gasteiger partial charge in [0.05, 0.1) is 19.7 Å². The molecule has 1 aromatic heterocycles. The third-order valence-electron chi connectivity index (χ3n) is 4.19. The van der Waals surface area contributed by atoms with E-state index < -0.39 is 12.2 Å². The number of methoxy groups -OCH3 is 2. The summed E-state index contributed by atoms with van der Waals surface area (Å²) in [4.78, 5) is 16.6. The van der Waals surface area contributed by atoms with Gasteiger partial charge in [0.25, 0.3) is 0 Å². The van der Waals surface area contributed by atoms with Crippen molar-refractivity contribution in [3.63, 3.8) is 0 Å². The van der Waals surface area contributed by atoms with Crippen LogP contribution in [0.25, 0.3) is 10.9 Å². The molecule has 6 heteroatoms. The Kier molecular flexibility index (Phi) is 3.65. The molecule has 0 saturated carbocycles. The third kappa shape index (κ3) is 2.52. The van der Waals surface area contributed by atoms with Crippen LogP contribution in [0.2, 0.25) is 0 Å². The quantitative estimate of drug-likeness (QED) is 0.735. The first-order valence-electron chi connectivity index (χ1n) is 7.78. The molecule has 0 bridgehead atoms. The van der Waals surface area contributed by atoms with Crippen molar-refractivity contribution in [3.8, 4) is 11.5 Å². The molecule has 2 heterocycles. The summed E-state index contributed by atoms with van der Waals surface area (Å²) >= 11 is 0. The van der Waals surface area contributed by atoms with Gasteiger partial charge in [0.1, 0.15) is 5.56 Å². The Balaban J connectivity index is 1.70. The lowest BCUT2D eigenvalue weighted by molar-refractivity contribution is 0.0435. The second kappa shape index (κ2) is 5.98. The van der Waals surface area contributed by atoms with Crippen molar-refractivity contribution in [1.29, 1.82) is 0 Å². The number of cyclic esters (lactones) is 1. The van der Waals surface area contributed by atoms with Gasteiger partial charge in [0, 0.05) is 22.8 Å². The number of benzene rings is 2. The molecule has 1 atom stereocenters. The minimum atomic E-state index is -0.587. The fourth-order valence-corrected chi connectivity index (χ4v) is 3.02. The molecule has 1 aliphatic heterocycles. The number of aromatic nitrogens is 1. The molecule has 126 valence electrons. The Hall–Kier alpha value is -3.28. The molecular formula is C19H16N2O4. The van der Waals surface area contributed by atoms with Gasteiger partial charge in [-0.15, -0.1) is 0 Å². The van der Waals surface area contributed by atoms with Gasteiger partial charge in [-0.05, 0) is 36.4 Å². The summed E-state index contributed by atoms with van der Waals surface area (Å²) in [5.41, 5.74) is 2.85. The van der Waals surface area contributed by atoms with Gasteiger partial charge in [-0.25, -0.2) is 4.79 Å². The maximum Gasteiger partial charge on any atom is 0.344 e. The van der Waals surface area contributed by atoms with Crippen molar-refractivity contribution in [2.24, 2.45) is 0 Å². The van der Waals surface area contributed by atoms with Crippen molar-refractivity contribution in [3.05, 3.63) is 59.8 Å². The summed E-state index contributed by atoms with van der Waals surface area (Å²) in [5.74, 6) is 0.443. The van der Waals surface area contributed by atoms with Gasteiger partial charge in [-0.3, -0.25) is 4.98 Å². The molecule has 1 N–H and O–H groups in total. The fraction of sp³-hybridized carbons (Fsp3) is 0.158. The van der Waals surface area contributed by atoms with Crippen LogP contribution in [0, 0.1) is 0 Å². The first-order chi connectivity index (χ1) is 12.2. The maximum absolute atomic E-state index is 12.3. The van der Waals surface area contributed by atoms with Crippen molar-refractivity contribution < 1.29 is 19.0 Å². The smallest absolute Gasteiger partial charge is 0.344 e. The number of fused-ring (bicyclic) bond motifs is 2. The van der Waals surface area contributed by atoms with Gasteiger partial charge in [0.2, 0.25) is 6.23 Å². The van der Waals surface area contributed by atoms with E-state index in [-0.39, 0.29) is 0 Å². The highest BCUT2D eigenvalue weighted by Gasteiger charge is 2.35. The molecule has 2 aromatic carbocycles. The Bertz CT molecular complexity index is 971. The summed E-state index contributed by atoms with van der Waals surface area (Å²) in [7, 11) is 3.03. The van der Waals surface area contributed by atoms with Gasteiger partial charge in [-0.1, -0.05) is 6.07 Å². The minimum Gasteiger partial charge on any atom is -0.493 e. The van der Waals surface area contributed by atoms with E-state index in [0.29, 0.717) is 22.6 Å². The van der Waals surface area contributed by atoms with E-state index in [9.17, 15) is 4.79 Å². The number of nitrogens with one attached hydrogen (secondary N) is 1. The zero-order valence-corrected chi connectivity index (χ0v) is 13.8. The Morgan fingerprint density at radius 3 is 2.80 bits per heavy atom. The lowest BCUT2D eigenvalue weighted by atomic mass is 10.1. The van der Waals surface area contributed by atoms with Crippen LogP contribution in [0.15, 0.2) is 48.7 Å². The van der Waals surface area contributed by atoms with Crippen LogP contribution >= 0.6 is 0 Å². The number of carbonyl (C=O) groups excluding carboxylic acids is 1. The van der Waals surface area contributed by atoms with E-state index in [1.165, 1.54) is 14.2 Å². The maximum atomic E-state index is 12.3. The highest BCUT2D eigenvalue weighted by molar-refractivity contribution is 5.98. The number of pyridine rings is 1. The predicted molar refractivity (Wildman–Crippen MR) is 93.1 cm³/mol. The van der Waals surface area contributed by atoms with Gasteiger partial charge in [0.15, 0.2) is 11.5 Å². The Morgan fingerprint density at radius 2 is 2.00 bits per heavy atom. The van der Waals surface area contributed by atoms with E-state index >= 15 is 0 Å². The Morgan fingerprint density at radius 1 is 1.12 bits per heavy atom. The molecule has 0 aliphatic carbocycles. The minimum absolute atomic E-state index is 0.386. The molecule has 3 aromatic rings. The number of carbonyl (C=O) groups is 1. The lowest BCUT2D eigenvalue weighted by Crippen LogP contribution is -2.10. The van der Waals surface area contributed by atoms with E-state index in [2.05, 4.69) is 10.3 Å². The Labute approximate surface area is 144 Å². The number of nitrogens with zero attached hydrogens (tertiary/aromatic N) is 1. The molecule has 6 nitrogen and oxygen atoms in total. The van der Waals surface area contributed by atoms with Crippen LogP contribution in [0.3, 0.4) is 0 Å². The zero-order chi connectivity index (χ0) is 17.4. The number of hydrogen-bond acceptors (Lipinski definition) is 6. The van der Waals surface area contributed by atoms with E-state index in [1.807, 2.05) is 36.4 Å². The SMILES string of the molecule is COc1ccc2c(c1OC)C(=O)O[C@@H]2Nc1ccc2ncccc2c1. The molecule has 0 spiro atoms. The normalized spacial score (nSPS) is 15.6. The van der Waals surface area contributed by atoms with Crippen molar-refractivity contribution in [2.75, 3.05) is 19.5 Å². The molecular weight excluding hydrogens is 320 g/mol. The second-order valence-electron chi connectivity index (χ2n) is 5.61. The highest BCUT2D eigenvalue weighted by atomic mass is 16.6. The van der Waals surface area contributed by atoms with Crippen molar-refractivity contribution >= 4 is 22.6 Å². The summed E-state index contributed by atoms with van der Waals surface area (Å²) in [6.45, 7) is 0. The van der Waals surface area contributed by atoms with Gasteiger partial charge >= 0.3 is 5.97 Å². The monoisotopic (exact) mass is 336 g/mol. The number of ether oxygens (including phenoxy) is 3. The number of esters is 1. The number of hydrogen-bond donors (Lipinski definition) is 1. The predicted octanol–water partition coefficient (Wildman–Crippen LogP) is 3.53. The molecule has 0 fully saturated rings. The summed E-state index contributed by atoms with van der Waals surface area (Å²) in [5, 5.41) is 4.25. The van der Waals surface area contributed by atoms with Crippen molar-refractivity contribution in [1.82, 2.24) is 4.98 Å². The van der Waals surface area contributed by atoms with Crippen LogP contribution in [-0.2, 0) is 4.74 Å². The van der Waals surface area contributed by atoms with E-state index in [1.54, 1.807) is 12.3 Å². The first-order valence-corrected chi connectivity index (χ1v) is 7.78. The summed E-state index contributed by atoms with van der Waals surface area (Å²) in [6, 6.07) is 13.2. The standard InChI is InChI=1S/C19H16N2O4/c1-23-15-8-6-13-16(17(15)24-2)19(22)25-18(13)21-12-5-7-14-11(10-12)4-3-9-20-14/h3-10,18,21H,1-2H3/t18-/m0/s1. The largest absolute Gasteiger partial charge is 0.493 e. The molecule has 4 rings (SSSR count). The molecule has 0 radical (unpaired) electrons. The topological polar surface area (TPSA) is 69.7 Å². The van der Waals surface area contributed by atoms with Gasteiger partial charge in [-0.2, -0.15) is 0 Å². The fourth-order valence-electron chi connectivity index (χ4n) is 3.02. The van der Waals surface area contributed by atoms with Crippen LogP contribution < -0.4 is 14.8 Å². The van der Waals surface area contributed by atoms with Crippen LogP contribution in [0.4, 0.5) is 5.69 Å². The van der Waals surface area contributed by atoms with Crippen LogP contribution in [-0.4, -0.2) is 25.2 Å². The number of rotatable bonds is 4. The van der Waals surface area contributed by atoms with Crippen molar-refractivity contribution in [2.45, 2.75) is 6.23 Å². The molecule has 0 amide bonds. The average molecular weight is 336 g/mol. The third-order valence-corrected chi connectivity index (χ3v) is 4.19. The zero-order valence-electron chi connectivity index (χ0n) is 13.8. The van der Waals surface area contributed by atoms with Crippen LogP contribution in [0.5, 0.6) is 11.5 Å². The second-order valence-corrected chi connectivity index (χ2v) is 5.61. The molecule has 0 unspecified atom stereocenters. The first kappa shape index (κ1) is 15.3. The summed E-state index contributed by atoms with van der Waals surface area (Å²) in [6.07, 6.45) is 1.17. The highest BCUT2D eigenvalue weighted by Crippen LogP contribution is 2.42. The average Bonchev–Trinajstić information content (AvgIpc) is 2.96. The van der Waals surface area contributed by atoms with Crippen LogP contribution in [0.1, 0.15) is 22.1 Å². The number of anilines is 1. The lowest BCUT2D eigenvalue weighted by Gasteiger charge is -2.15. The molecule has 0 saturated heterocycles. The summed E-state index contributed by atoms with van der Waals surface area (Å²) < 4.78 is 16.1. The van der Waals surface area contributed by atoms with E-state index in [4.69, 9.17) is 14.2 Å². The molecule has 1 aliphatic rings. The molecule has 25 heavy (non-hydrogen) atoms.